The van der Waals surface area contributed by atoms with Crippen LogP contribution in [-0.4, -0.2) is 65.5 Å². The van der Waals surface area contributed by atoms with Crippen LogP contribution >= 0.6 is 0 Å². The predicted octanol–water partition coefficient (Wildman–Crippen LogP) is 2.32. The van der Waals surface area contributed by atoms with Gasteiger partial charge in [-0.1, -0.05) is 0 Å². The molecule has 4 rings (SSSR count). The normalized spacial score (nSPS) is 25.3. The molecular weight excluding hydrogens is 300 g/mol. The summed E-state index contributed by atoms with van der Waals surface area (Å²) in [5.74, 6) is 1.35. The molecule has 1 atom stereocenters. The Morgan fingerprint density at radius 2 is 1.96 bits per heavy atom. The average Bonchev–Trinajstić information content (AvgIpc) is 3.09. The molecular formula is C19H32N4O. The van der Waals surface area contributed by atoms with Crippen molar-refractivity contribution < 1.29 is 4.74 Å². The van der Waals surface area contributed by atoms with E-state index < -0.39 is 0 Å². The lowest BCUT2D eigenvalue weighted by Crippen LogP contribution is -2.40. The molecule has 1 saturated heterocycles. The number of hydrogen-bond donors (Lipinski definition) is 0. The first-order valence-corrected chi connectivity index (χ1v) is 9.90. The number of hydrogen-bond acceptors (Lipinski definition) is 4. The van der Waals surface area contributed by atoms with Gasteiger partial charge in [0.25, 0.3) is 0 Å². The molecule has 1 aliphatic carbocycles. The van der Waals surface area contributed by atoms with Gasteiger partial charge in [0.05, 0.1) is 12.8 Å². The molecule has 3 aliphatic rings. The van der Waals surface area contributed by atoms with Gasteiger partial charge in [-0.15, -0.1) is 0 Å². The monoisotopic (exact) mass is 332 g/mol. The van der Waals surface area contributed by atoms with Crippen molar-refractivity contribution in [2.45, 2.75) is 51.6 Å². The lowest BCUT2D eigenvalue weighted by atomic mass is 9.96. The minimum atomic E-state index is 0.480. The predicted molar refractivity (Wildman–Crippen MR) is 95.1 cm³/mol. The summed E-state index contributed by atoms with van der Waals surface area (Å²) in [5, 5.41) is 4.73. The van der Waals surface area contributed by atoms with E-state index in [1.807, 2.05) is 0 Å². The molecule has 0 amide bonds. The van der Waals surface area contributed by atoms with Crippen molar-refractivity contribution in [1.29, 1.82) is 0 Å². The van der Waals surface area contributed by atoms with Gasteiger partial charge in [-0.2, -0.15) is 5.10 Å². The molecule has 2 aliphatic heterocycles. The maximum Gasteiger partial charge on any atom is 0.0562 e. The largest absolute Gasteiger partial charge is 0.381 e. The van der Waals surface area contributed by atoms with E-state index in [-0.39, 0.29) is 0 Å². The summed E-state index contributed by atoms with van der Waals surface area (Å²) in [6.07, 6.45) is 7.65. The SMILES string of the molecule is CCOC[C@@H]1CN(CCN2CCCC2)Cc2cnn(CC3CC3)c21. The van der Waals surface area contributed by atoms with Gasteiger partial charge in [0, 0.05) is 56.5 Å². The first-order chi connectivity index (χ1) is 11.8. The summed E-state index contributed by atoms with van der Waals surface area (Å²) in [5.41, 5.74) is 2.90. The van der Waals surface area contributed by atoms with Crippen molar-refractivity contribution in [3.05, 3.63) is 17.5 Å². The minimum Gasteiger partial charge on any atom is -0.381 e. The first kappa shape index (κ1) is 16.6. The van der Waals surface area contributed by atoms with Crippen LogP contribution in [0.5, 0.6) is 0 Å². The van der Waals surface area contributed by atoms with E-state index in [9.17, 15) is 0 Å². The lowest BCUT2D eigenvalue weighted by molar-refractivity contribution is 0.101. The van der Waals surface area contributed by atoms with Gasteiger partial charge in [-0.3, -0.25) is 9.58 Å². The second kappa shape index (κ2) is 7.54. The third-order valence-electron chi connectivity index (χ3n) is 5.80. The van der Waals surface area contributed by atoms with Crippen molar-refractivity contribution in [3.63, 3.8) is 0 Å². The van der Waals surface area contributed by atoms with E-state index >= 15 is 0 Å². The van der Waals surface area contributed by atoms with Crippen LogP contribution in [0.4, 0.5) is 0 Å². The molecule has 24 heavy (non-hydrogen) atoms. The van der Waals surface area contributed by atoms with Gasteiger partial charge in [-0.05, 0) is 51.6 Å². The van der Waals surface area contributed by atoms with Gasteiger partial charge in [0.15, 0.2) is 0 Å². The van der Waals surface area contributed by atoms with Crippen LogP contribution in [0, 0.1) is 5.92 Å². The summed E-state index contributed by atoms with van der Waals surface area (Å²) >= 11 is 0. The summed E-state index contributed by atoms with van der Waals surface area (Å²) in [4.78, 5) is 5.23. The third-order valence-corrected chi connectivity index (χ3v) is 5.80. The molecule has 0 N–H and O–H groups in total. The molecule has 0 bridgehead atoms. The number of likely N-dealkylation sites (tertiary alicyclic amines) is 1. The van der Waals surface area contributed by atoms with E-state index in [0.29, 0.717) is 5.92 Å². The minimum absolute atomic E-state index is 0.480. The number of aromatic nitrogens is 2. The fraction of sp³-hybridized carbons (Fsp3) is 0.842. The smallest absolute Gasteiger partial charge is 0.0562 e. The Bertz CT molecular complexity index is 533. The molecule has 0 unspecified atom stereocenters. The zero-order chi connectivity index (χ0) is 16.4. The average molecular weight is 332 g/mol. The zero-order valence-electron chi connectivity index (χ0n) is 15.1. The van der Waals surface area contributed by atoms with E-state index in [1.165, 1.54) is 63.1 Å². The number of rotatable bonds is 8. The fourth-order valence-electron chi connectivity index (χ4n) is 4.27. The second-order valence-corrected chi connectivity index (χ2v) is 7.82. The molecule has 1 aromatic heterocycles. The highest BCUT2D eigenvalue weighted by Gasteiger charge is 2.32. The Hall–Kier alpha value is -0.910. The van der Waals surface area contributed by atoms with Crippen molar-refractivity contribution >= 4 is 0 Å². The molecule has 2 fully saturated rings. The molecule has 3 heterocycles. The number of nitrogens with zero attached hydrogens (tertiary/aromatic N) is 4. The Labute approximate surface area is 145 Å². The maximum atomic E-state index is 5.82. The molecule has 1 saturated carbocycles. The van der Waals surface area contributed by atoms with E-state index in [4.69, 9.17) is 9.84 Å². The topological polar surface area (TPSA) is 33.5 Å². The van der Waals surface area contributed by atoms with Crippen molar-refractivity contribution in [1.82, 2.24) is 19.6 Å². The molecule has 0 aromatic carbocycles. The standard InChI is InChI=1S/C19H32N4O/c1-2-24-15-18-14-22(10-9-21-7-3-4-8-21)13-17-11-20-23(19(17)18)12-16-5-6-16/h11,16,18H,2-10,12-15H2,1H3/t18-/m0/s1. The summed E-state index contributed by atoms with van der Waals surface area (Å²) in [7, 11) is 0. The van der Waals surface area contributed by atoms with E-state index in [1.54, 1.807) is 0 Å². The van der Waals surface area contributed by atoms with Gasteiger partial charge in [-0.25, -0.2) is 0 Å². The Morgan fingerprint density at radius 3 is 2.71 bits per heavy atom. The molecule has 0 spiro atoms. The van der Waals surface area contributed by atoms with Gasteiger partial charge >= 0.3 is 0 Å². The van der Waals surface area contributed by atoms with Crippen LogP contribution in [0.3, 0.4) is 0 Å². The molecule has 134 valence electrons. The maximum absolute atomic E-state index is 5.82. The van der Waals surface area contributed by atoms with Crippen LogP contribution in [0.15, 0.2) is 6.20 Å². The molecule has 5 nitrogen and oxygen atoms in total. The highest BCUT2D eigenvalue weighted by atomic mass is 16.5. The Morgan fingerprint density at radius 1 is 1.17 bits per heavy atom. The highest BCUT2D eigenvalue weighted by Crippen LogP contribution is 2.34. The van der Waals surface area contributed by atoms with Gasteiger partial charge in [0.1, 0.15) is 0 Å². The fourth-order valence-corrected chi connectivity index (χ4v) is 4.27. The first-order valence-electron chi connectivity index (χ1n) is 9.90. The van der Waals surface area contributed by atoms with Crippen molar-refractivity contribution in [3.8, 4) is 0 Å². The summed E-state index contributed by atoms with van der Waals surface area (Å²) in [6, 6.07) is 0. The third kappa shape index (κ3) is 3.84. The van der Waals surface area contributed by atoms with Crippen LogP contribution in [0.2, 0.25) is 0 Å². The molecule has 1 aromatic rings. The van der Waals surface area contributed by atoms with Crippen LogP contribution in [-0.2, 0) is 17.8 Å². The van der Waals surface area contributed by atoms with Gasteiger partial charge < -0.3 is 9.64 Å². The molecule has 5 heteroatoms. The highest BCUT2D eigenvalue weighted by molar-refractivity contribution is 5.25. The van der Waals surface area contributed by atoms with Crippen LogP contribution in [0.25, 0.3) is 0 Å². The molecule has 0 radical (unpaired) electrons. The van der Waals surface area contributed by atoms with Crippen LogP contribution < -0.4 is 0 Å². The Balaban J connectivity index is 1.43. The van der Waals surface area contributed by atoms with E-state index in [2.05, 4.69) is 27.6 Å². The second-order valence-electron chi connectivity index (χ2n) is 7.82. The zero-order valence-corrected chi connectivity index (χ0v) is 15.1. The van der Waals surface area contributed by atoms with E-state index in [0.717, 1.165) is 38.8 Å². The quantitative estimate of drug-likeness (QED) is 0.732. The van der Waals surface area contributed by atoms with Gasteiger partial charge in [0.2, 0.25) is 0 Å². The van der Waals surface area contributed by atoms with Crippen molar-refractivity contribution in [2.75, 3.05) is 45.9 Å². The Kier molecular flexibility index (Phi) is 5.20. The number of ether oxygens (including phenoxy) is 1. The van der Waals surface area contributed by atoms with Crippen molar-refractivity contribution in [2.24, 2.45) is 5.92 Å². The number of fused-ring (bicyclic) bond motifs is 1. The summed E-state index contributed by atoms with van der Waals surface area (Å²) in [6.45, 7) is 12.0. The summed E-state index contributed by atoms with van der Waals surface area (Å²) < 4.78 is 8.12. The van der Waals surface area contributed by atoms with Crippen LogP contribution in [0.1, 0.15) is 49.8 Å². The lowest BCUT2D eigenvalue weighted by Gasteiger charge is -2.34.